The lowest BCUT2D eigenvalue weighted by Gasteiger charge is -2.24. The van der Waals surface area contributed by atoms with Crippen LogP contribution in [0.3, 0.4) is 0 Å². The zero-order valence-corrected chi connectivity index (χ0v) is 14.1. The van der Waals surface area contributed by atoms with Crippen LogP contribution in [0.2, 0.25) is 0 Å². The number of allylic oxidation sites excluding steroid dienone is 4. The van der Waals surface area contributed by atoms with Crippen molar-refractivity contribution in [1.29, 1.82) is 0 Å². The van der Waals surface area contributed by atoms with Crippen LogP contribution in [0, 0.1) is 11.8 Å². The van der Waals surface area contributed by atoms with Crippen LogP contribution in [0.4, 0.5) is 0 Å². The van der Waals surface area contributed by atoms with Gasteiger partial charge in [-0.1, -0.05) is 36.5 Å². The summed E-state index contributed by atoms with van der Waals surface area (Å²) < 4.78 is 6.05. The van der Waals surface area contributed by atoms with Gasteiger partial charge in [0.1, 0.15) is 0 Å². The maximum Gasteiger partial charge on any atom is 0.327 e. The molecule has 4 nitrogen and oxygen atoms in total. The molecular weight excluding hydrogens is 304 g/mol. The molecule has 2 saturated heterocycles. The highest BCUT2D eigenvalue weighted by Gasteiger charge is 2.46. The summed E-state index contributed by atoms with van der Waals surface area (Å²) in [4.78, 5) is 10.4. The van der Waals surface area contributed by atoms with E-state index in [4.69, 9.17) is 9.84 Å². The number of aliphatic carboxylic acids is 1. The number of ether oxygens (including phenoxy) is 1. The maximum absolute atomic E-state index is 10.4. The molecule has 5 atom stereocenters. The van der Waals surface area contributed by atoms with Gasteiger partial charge in [-0.05, 0) is 44.4 Å². The summed E-state index contributed by atoms with van der Waals surface area (Å²) >= 11 is 0. The fourth-order valence-corrected chi connectivity index (χ4v) is 3.62. The third kappa shape index (κ3) is 5.46. The summed E-state index contributed by atoms with van der Waals surface area (Å²) in [5.41, 5.74) is 0. The van der Waals surface area contributed by atoms with Crippen LogP contribution in [0.25, 0.3) is 0 Å². The van der Waals surface area contributed by atoms with Crippen LogP contribution < -0.4 is 0 Å². The second kappa shape index (κ2) is 9.60. The zero-order chi connectivity index (χ0) is 17.4. The molecule has 0 spiro atoms. The van der Waals surface area contributed by atoms with Crippen molar-refractivity contribution in [3.8, 4) is 0 Å². The van der Waals surface area contributed by atoms with Crippen molar-refractivity contribution in [2.75, 3.05) is 0 Å². The van der Waals surface area contributed by atoms with Crippen LogP contribution in [-0.4, -0.2) is 34.5 Å². The number of hydrogen-bond acceptors (Lipinski definition) is 3. The second-order valence-electron chi connectivity index (χ2n) is 6.53. The summed E-state index contributed by atoms with van der Waals surface area (Å²) in [6, 6.07) is 0. The standard InChI is InChI=1S/C20H28O4/c1-2-3-8-15(21)11-12-17-16(18-13-14-19(17)24-18)9-6-4-5-7-10-20(22)23/h2,4,6-7,10-12,15-19,21H,1,3,5,8-9,13-14H2,(H,22,23)/b6-4-,10-7+,12-11+/t15?,16-,17+,18-,19+/m0/s1. The van der Waals surface area contributed by atoms with E-state index < -0.39 is 12.1 Å². The number of carbonyl (C=O) groups is 1. The number of aliphatic hydroxyl groups excluding tert-OH is 1. The monoisotopic (exact) mass is 332 g/mol. The molecule has 2 rings (SSSR count). The minimum absolute atomic E-state index is 0.281. The summed E-state index contributed by atoms with van der Waals surface area (Å²) in [6.45, 7) is 3.68. The molecule has 2 aliphatic heterocycles. The average Bonchev–Trinajstić information content (AvgIpc) is 3.15. The third-order valence-electron chi connectivity index (χ3n) is 4.82. The molecule has 0 aliphatic carbocycles. The first kappa shape index (κ1) is 18.7. The Kier molecular flexibility index (Phi) is 7.47. The minimum atomic E-state index is -0.912. The van der Waals surface area contributed by atoms with Gasteiger partial charge in [0.15, 0.2) is 0 Å². The molecule has 2 bridgehead atoms. The lowest BCUT2D eigenvalue weighted by atomic mass is 9.77. The Morgan fingerprint density at radius 2 is 2.04 bits per heavy atom. The van der Waals surface area contributed by atoms with Crippen molar-refractivity contribution < 1.29 is 19.7 Å². The fraction of sp³-hybridized carbons (Fsp3) is 0.550. The van der Waals surface area contributed by atoms with E-state index in [1.54, 1.807) is 6.08 Å². The topological polar surface area (TPSA) is 66.8 Å². The van der Waals surface area contributed by atoms with Crippen LogP contribution >= 0.6 is 0 Å². The number of hydrogen-bond donors (Lipinski definition) is 2. The molecule has 2 aliphatic rings. The first-order chi connectivity index (χ1) is 11.6. The Bertz CT molecular complexity index is 506. The second-order valence-corrected chi connectivity index (χ2v) is 6.53. The molecule has 1 unspecified atom stereocenters. The van der Waals surface area contributed by atoms with Crippen molar-refractivity contribution in [1.82, 2.24) is 0 Å². The highest BCUT2D eigenvalue weighted by molar-refractivity contribution is 5.79. The summed E-state index contributed by atoms with van der Waals surface area (Å²) in [5, 5.41) is 18.5. The number of aliphatic hydroxyl groups is 1. The molecule has 0 aromatic heterocycles. The highest BCUT2D eigenvalue weighted by atomic mass is 16.5. The van der Waals surface area contributed by atoms with Crippen molar-refractivity contribution in [3.05, 3.63) is 49.1 Å². The Hall–Kier alpha value is -1.65. The largest absolute Gasteiger partial charge is 0.478 e. The van der Waals surface area contributed by atoms with Crippen molar-refractivity contribution in [3.63, 3.8) is 0 Å². The lowest BCUT2D eigenvalue weighted by Crippen LogP contribution is -2.25. The smallest absolute Gasteiger partial charge is 0.327 e. The van der Waals surface area contributed by atoms with E-state index in [1.807, 2.05) is 18.2 Å². The van der Waals surface area contributed by atoms with E-state index in [9.17, 15) is 9.90 Å². The van der Waals surface area contributed by atoms with E-state index in [0.717, 1.165) is 25.7 Å². The van der Waals surface area contributed by atoms with Gasteiger partial charge in [-0.25, -0.2) is 4.79 Å². The van der Waals surface area contributed by atoms with Gasteiger partial charge in [0.25, 0.3) is 0 Å². The predicted molar refractivity (Wildman–Crippen MR) is 94.6 cm³/mol. The van der Waals surface area contributed by atoms with E-state index in [-0.39, 0.29) is 6.10 Å². The predicted octanol–water partition coefficient (Wildman–Crippen LogP) is 3.64. The molecule has 4 heteroatoms. The van der Waals surface area contributed by atoms with Gasteiger partial charge in [-0.2, -0.15) is 0 Å². The normalized spacial score (nSPS) is 30.7. The fourth-order valence-electron chi connectivity index (χ4n) is 3.62. The molecule has 24 heavy (non-hydrogen) atoms. The number of fused-ring (bicyclic) bond motifs is 2. The van der Waals surface area contributed by atoms with Gasteiger partial charge in [0.2, 0.25) is 0 Å². The first-order valence-corrected chi connectivity index (χ1v) is 8.79. The Morgan fingerprint density at radius 3 is 2.79 bits per heavy atom. The van der Waals surface area contributed by atoms with Gasteiger partial charge in [-0.15, -0.1) is 6.58 Å². The van der Waals surface area contributed by atoms with Gasteiger partial charge < -0.3 is 14.9 Å². The summed E-state index contributed by atoms with van der Waals surface area (Å²) in [5.74, 6) is -0.0993. The van der Waals surface area contributed by atoms with Crippen molar-refractivity contribution in [2.24, 2.45) is 11.8 Å². The average molecular weight is 332 g/mol. The maximum atomic E-state index is 10.4. The van der Waals surface area contributed by atoms with Crippen LogP contribution in [0.1, 0.15) is 38.5 Å². The molecule has 0 saturated carbocycles. The number of rotatable bonds is 10. The van der Waals surface area contributed by atoms with E-state index in [0.29, 0.717) is 30.8 Å². The summed E-state index contributed by atoms with van der Waals surface area (Å²) in [7, 11) is 0. The molecular formula is C20H28O4. The number of carboxylic acids is 1. The van der Waals surface area contributed by atoms with Gasteiger partial charge in [0, 0.05) is 12.0 Å². The molecule has 0 radical (unpaired) electrons. The van der Waals surface area contributed by atoms with Crippen LogP contribution in [-0.2, 0) is 9.53 Å². The molecule has 0 amide bonds. The Balaban J connectivity index is 1.85. The molecule has 0 aromatic rings. The Labute approximate surface area is 144 Å². The number of carboxylic acid groups (broad SMARTS) is 1. The lowest BCUT2D eigenvalue weighted by molar-refractivity contribution is -0.131. The molecule has 2 heterocycles. The van der Waals surface area contributed by atoms with Crippen LogP contribution in [0.15, 0.2) is 49.1 Å². The molecule has 0 aromatic carbocycles. The first-order valence-electron chi connectivity index (χ1n) is 8.79. The molecule has 132 valence electrons. The van der Waals surface area contributed by atoms with Gasteiger partial charge in [-0.3, -0.25) is 0 Å². The van der Waals surface area contributed by atoms with Crippen molar-refractivity contribution >= 4 is 5.97 Å². The van der Waals surface area contributed by atoms with Gasteiger partial charge in [0.05, 0.1) is 18.3 Å². The Morgan fingerprint density at radius 1 is 1.25 bits per heavy atom. The van der Waals surface area contributed by atoms with Gasteiger partial charge >= 0.3 is 5.97 Å². The summed E-state index contributed by atoms with van der Waals surface area (Å²) in [6.07, 6.45) is 18.3. The van der Waals surface area contributed by atoms with E-state index in [1.165, 1.54) is 6.08 Å². The molecule has 2 fully saturated rings. The molecule has 2 N–H and O–H groups in total. The van der Waals surface area contributed by atoms with Crippen LogP contribution in [0.5, 0.6) is 0 Å². The quantitative estimate of drug-likeness (QED) is 0.473. The minimum Gasteiger partial charge on any atom is -0.478 e. The van der Waals surface area contributed by atoms with Crippen molar-refractivity contribution in [2.45, 2.75) is 56.8 Å². The highest BCUT2D eigenvalue weighted by Crippen LogP contribution is 2.45. The zero-order valence-electron chi connectivity index (χ0n) is 14.1. The van der Waals surface area contributed by atoms with E-state index in [2.05, 4.69) is 18.7 Å². The SMILES string of the molecule is C=CCCC(O)/C=C/[C@@H]1[C@H](C/C=C\C/C=C/C(=O)O)[C@@H]2CC[C@H]1O2. The van der Waals surface area contributed by atoms with E-state index >= 15 is 0 Å². The third-order valence-corrected chi connectivity index (χ3v) is 4.82.